The van der Waals surface area contributed by atoms with E-state index in [-0.39, 0.29) is 6.04 Å². The summed E-state index contributed by atoms with van der Waals surface area (Å²) >= 11 is 0. The molecule has 7 heteroatoms. The van der Waals surface area contributed by atoms with E-state index in [1.165, 1.54) is 0 Å². The van der Waals surface area contributed by atoms with Crippen molar-refractivity contribution in [3.8, 4) is 0 Å². The van der Waals surface area contributed by atoms with E-state index in [0.29, 0.717) is 31.1 Å². The Bertz CT molecular complexity index is 680. The lowest BCUT2D eigenvalue weighted by Gasteiger charge is -2.19. The van der Waals surface area contributed by atoms with Gasteiger partial charge in [0.25, 0.3) is 0 Å². The first kappa shape index (κ1) is 19.9. The van der Waals surface area contributed by atoms with Gasteiger partial charge in [-0.15, -0.1) is 0 Å². The number of nitrogens with one attached hydrogen (secondary N) is 1. The summed E-state index contributed by atoms with van der Waals surface area (Å²) in [5.41, 5.74) is 6.76. The Morgan fingerprint density at radius 2 is 2.00 bits per heavy atom. The molecule has 0 saturated carbocycles. The van der Waals surface area contributed by atoms with Crippen molar-refractivity contribution in [2.24, 2.45) is 5.73 Å². The molecule has 2 aromatic rings. The standard InChI is InChI=1S/C19H28N4O3/c1-19(2,3)25-18(24)21-12-8-7-11-15(20)17-22-16(23-26-17)13-14-9-5-4-6-10-14/h4-6,9-10,15H,7-8,11-13,20H2,1-3H3,(H,21,24). The molecule has 142 valence electrons. The largest absolute Gasteiger partial charge is 0.444 e. The zero-order valence-electron chi connectivity index (χ0n) is 15.7. The van der Waals surface area contributed by atoms with Crippen LogP contribution in [0.4, 0.5) is 4.79 Å². The topological polar surface area (TPSA) is 103 Å². The maximum absolute atomic E-state index is 11.5. The summed E-state index contributed by atoms with van der Waals surface area (Å²) in [6.45, 7) is 6.05. The van der Waals surface area contributed by atoms with E-state index in [2.05, 4.69) is 15.5 Å². The van der Waals surface area contributed by atoms with Gasteiger partial charge in [-0.1, -0.05) is 35.5 Å². The van der Waals surface area contributed by atoms with E-state index in [1.807, 2.05) is 51.1 Å². The van der Waals surface area contributed by atoms with Crippen molar-refractivity contribution >= 4 is 6.09 Å². The summed E-state index contributed by atoms with van der Waals surface area (Å²) in [4.78, 5) is 15.9. The highest BCUT2D eigenvalue weighted by Gasteiger charge is 2.16. The summed E-state index contributed by atoms with van der Waals surface area (Å²) in [7, 11) is 0. The highest BCUT2D eigenvalue weighted by atomic mass is 16.6. The van der Waals surface area contributed by atoms with Crippen molar-refractivity contribution in [1.29, 1.82) is 0 Å². The highest BCUT2D eigenvalue weighted by Crippen LogP contribution is 2.16. The molecule has 1 unspecified atom stereocenters. The smallest absolute Gasteiger partial charge is 0.407 e. The van der Waals surface area contributed by atoms with Crippen LogP contribution in [0, 0.1) is 0 Å². The van der Waals surface area contributed by atoms with Gasteiger partial charge in [0.15, 0.2) is 5.82 Å². The lowest BCUT2D eigenvalue weighted by atomic mass is 10.1. The number of nitrogens with zero attached hydrogens (tertiary/aromatic N) is 2. The van der Waals surface area contributed by atoms with Gasteiger partial charge in [0.05, 0.1) is 6.04 Å². The van der Waals surface area contributed by atoms with Crippen LogP contribution in [0.3, 0.4) is 0 Å². The number of carbonyl (C=O) groups excluding carboxylic acids is 1. The van der Waals surface area contributed by atoms with Gasteiger partial charge < -0.3 is 20.3 Å². The van der Waals surface area contributed by atoms with Crippen LogP contribution in [0.5, 0.6) is 0 Å². The van der Waals surface area contributed by atoms with Crippen LogP contribution in [0.15, 0.2) is 34.9 Å². The lowest BCUT2D eigenvalue weighted by Crippen LogP contribution is -2.33. The second kappa shape index (κ2) is 9.33. The summed E-state index contributed by atoms with van der Waals surface area (Å²) in [5.74, 6) is 1.09. The number of hydrogen-bond donors (Lipinski definition) is 2. The van der Waals surface area contributed by atoms with Gasteiger partial charge in [0, 0.05) is 13.0 Å². The van der Waals surface area contributed by atoms with E-state index in [9.17, 15) is 4.79 Å². The van der Waals surface area contributed by atoms with Gasteiger partial charge in [-0.3, -0.25) is 0 Å². The van der Waals surface area contributed by atoms with Crippen LogP contribution in [-0.4, -0.2) is 28.4 Å². The van der Waals surface area contributed by atoms with Gasteiger partial charge >= 0.3 is 6.09 Å². The fourth-order valence-corrected chi connectivity index (χ4v) is 2.39. The quantitative estimate of drug-likeness (QED) is 0.700. The van der Waals surface area contributed by atoms with Crippen LogP contribution < -0.4 is 11.1 Å². The molecule has 0 aliphatic carbocycles. The Balaban J connectivity index is 1.67. The molecular formula is C19H28N4O3. The molecule has 1 aromatic heterocycles. The molecule has 1 heterocycles. The van der Waals surface area contributed by atoms with E-state index in [4.69, 9.17) is 15.0 Å². The van der Waals surface area contributed by atoms with E-state index in [1.54, 1.807) is 0 Å². The molecule has 1 amide bonds. The van der Waals surface area contributed by atoms with Crippen LogP contribution in [0.25, 0.3) is 0 Å². The molecule has 1 aromatic carbocycles. The monoisotopic (exact) mass is 360 g/mol. The molecule has 0 aliphatic heterocycles. The first-order valence-corrected chi connectivity index (χ1v) is 8.92. The summed E-state index contributed by atoms with van der Waals surface area (Å²) in [5, 5.41) is 6.73. The number of nitrogens with two attached hydrogens (primary N) is 1. The number of carbonyl (C=O) groups is 1. The lowest BCUT2D eigenvalue weighted by molar-refractivity contribution is 0.0527. The predicted molar refractivity (Wildman–Crippen MR) is 98.6 cm³/mol. The van der Waals surface area contributed by atoms with Crippen molar-refractivity contribution in [2.75, 3.05) is 6.54 Å². The Morgan fingerprint density at radius 1 is 1.27 bits per heavy atom. The van der Waals surface area contributed by atoms with Crippen LogP contribution >= 0.6 is 0 Å². The summed E-state index contributed by atoms with van der Waals surface area (Å²) in [6.07, 6.45) is 2.58. The predicted octanol–water partition coefficient (Wildman–Crippen LogP) is 3.36. The zero-order chi connectivity index (χ0) is 19.0. The molecule has 0 bridgehead atoms. The van der Waals surface area contributed by atoms with Crippen molar-refractivity contribution < 1.29 is 14.1 Å². The normalized spacial score (nSPS) is 12.6. The van der Waals surface area contributed by atoms with Crippen LogP contribution in [-0.2, 0) is 11.2 Å². The van der Waals surface area contributed by atoms with Crippen LogP contribution in [0.2, 0.25) is 0 Å². The molecule has 3 N–H and O–H groups in total. The van der Waals surface area contributed by atoms with Gasteiger partial charge in [0.2, 0.25) is 5.89 Å². The minimum Gasteiger partial charge on any atom is -0.444 e. The first-order chi connectivity index (χ1) is 12.3. The molecule has 0 radical (unpaired) electrons. The fourth-order valence-electron chi connectivity index (χ4n) is 2.39. The summed E-state index contributed by atoms with van der Waals surface area (Å²) < 4.78 is 10.5. The second-order valence-electron chi connectivity index (χ2n) is 7.24. The minimum absolute atomic E-state index is 0.298. The van der Waals surface area contributed by atoms with Gasteiger partial charge in [-0.05, 0) is 45.6 Å². The number of hydrogen-bond acceptors (Lipinski definition) is 6. The Kier molecular flexibility index (Phi) is 7.15. The Labute approximate surface area is 154 Å². The maximum Gasteiger partial charge on any atom is 0.407 e. The van der Waals surface area contributed by atoms with Gasteiger partial charge in [0.1, 0.15) is 5.60 Å². The van der Waals surface area contributed by atoms with Crippen molar-refractivity contribution in [2.45, 2.75) is 58.1 Å². The second-order valence-corrected chi connectivity index (χ2v) is 7.24. The number of rotatable bonds is 8. The molecule has 0 spiro atoms. The van der Waals surface area contributed by atoms with Gasteiger partial charge in [-0.25, -0.2) is 4.79 Å². The van der Waals surface area contributed by atoms with Crippen LogP contribution in [0.1, 0.15) is 63.4 Å². The first-order valence-electron chi connectivity index (χ1n) is 8.92. The molecule has 0 saturated heterocycles. The summed E-state index contributed by atoms with van der Waals surface area (Å²) in [6, 6.07) is 9.68. The maximum atomic E-state index is 11.5. The number of unbranched alkanes of at least 4 members (excludes halogenated alkanes) is 1. The zero-order valence-corrected chi connectivity index (χ0v) is 15.7. The van der Waals surface area contributed by atoms with Crippen molar-refractivity contribution in [1.82, 2.24) is 15.5 Å². The van der Waals surface area contributed by atoms with E-state index >= 15 is 0 Å². The molecule has 0 fully saturated rings. The number of ether oxygens (including phenoxy) is 1. The number of aromatic nitrogens is 2. The SMILES string of the molecule is CC(C)(C)OC(=O)NCCCCC(N)c1nc(Cc2ccccc2)no1. The molecule has 0 aliphatic rings. The van der Waals surface area contributed by atoms with Crippen molar-refractivity contribution in [3.63, 3.8) is 0 Å². The number of alkyl carbamates (subject to hydrolysis) is 1. The Morgan fingerprint density at radius 3 is 2.69 bits per heavy atom. The highest BCUT2D eigenvalue weighted by molar-refractivity contribution is 5.67. The molecule has 1 atom stereocenters. The molecular weight excluding hydrogens is 332 g/mol. The number of benzene rings is 1. The third-order valence-corrected chi connectivity index (χ3v) is 3.62. The minimum atomic E-state index is -0.484. The number of amides is 1. The molecule has 26 heavy (non-hydrogen) atoms. The molecule has 7 nitrogen and oxygen atoms in total. The third kappa shape index (κ3) is 7.23. The average molecular weight is 360 g/mol. The average Bonchev–Trinajstić information content (AvgIpc) is 3.02. The van der Waals surface area contributed by atoms with Crippen molar-refractivity contribution in [3.05, 3.63) is 47.6 Å². The van der Waals surface area contributed by atoms with E-state index in [0.717, 1.165) is 18.4 Å². The van der Waals surface area contributed by atoms with E-state index < -0.39 is 11.7 Å². The third-order valence-electron chi connectivity index (χ3n) is 3.62. The fraction of sp³-hybridized carbons (Fsp3) is 0.526. The molecule has 2 rings (SSSR count). The Hall–Kier alpha value is -2.41. The van der Waals surface area contributed by atoms with Gasteiger partial charge in [-0.2, -0.15) is 4.98 Å².